The van der Waals surface area contributed by atoms with Crippen LogP contribution in [0.5, 0.6) is 0 Å². The van der Waals surface area contributed by atoms with Crippen LogP contribution in [0.4, 0.5) is 34.1 Å². The van der Waals surface area contributed by atoms with Gasteiger partial charge in [-0.15, -0.1) is 0 Å². The number of hydrogen-bond acceptors (Lipinski definition) is 2. The van der Waals surface area contributed by atoms with E-state index in [1.807, 2.05) is 0 Å². The van der Waals surface area contributed by atoms with Gasteiger partial charge in [-0.05, 0) is 131 Å². The Kier molecular flexibility index (Phi) is 7.95. The lowest BCUT2D eigenvalue weighted by Gasteiger charge is -2.28. The number of rotatable bonds is 8. The van der Waals surface area contributed by atoms with E-state index in [0.717, 1.165) is 45.5 Å². The Bertz CT molecular complexity index is 3830. The molecule has 14 rings (SSSR count). The van der Waals surface area contributed by atoms with Gasteiger partial charge in [-0.3, -0.25) is 0 Å². The molecule has 308 valence electrons. The molecule has 2 aromatic heterocycles. The summed E-state index contributed by atoms with van der Waals surface area (Å²) in [7, 11) is 0. The minimum absolute atomic E-state index is 1.11. The van der Waals surface area contributed by atoms with E-state index in [2.05, 4.69) is 262 Å². The zero-order valence-corrected chi connectivity index (χ0v) is 35.9. The van der Waals surface area contributed by atoms with E-state index < -0.39 is 0 Å². The van der Waals surface area contributed by atoms with Gasteiger partial charge in [-0.2, -0.15) is 0 Å². The second-order valence-corrected chi connectivity index (χ2v) is 17.3. The SMILES string of the molecule is c1ccc(N(c2ccc3cc(N(c4ccccc4)c4ccc5c6c4ccc4cccc(c46)n5-c4ccccc4)ccc3c2)c2ccc3c4c2ccc2cccc(c24)n3-c2ccccc2)cc1. The van der Waals surface area contributed by atoms with E-state index in [1.54, 1.807) is 0 Å². The molecule has 0 spiro atoms. The molecule has 0 amide bonds. The molecule has 0 saturated carbocycles. The molecule has 66 heavy (non-hydrogen) atoms. The van der Waals surface area contributed by atoms with Crippen molar-refractivity contribution in [2.24, 2.45) is 0 Å². The average molecular weight is 841 g/mol. The second-order valence-electron chi connectivity index (χ2n) is 17.3. The molecule has 4 heteroatoms. The summed E-state index contributed by atoms with van der Waals surface area (Å²) >= 11 is 0. The second kappa shape index (κ2) is 14.3. The summed E-state index contributed by atoms with van der Waals surface area (Å²) in [5, 5.41) is 12.4. The predicted molar refractivity (Wildman–Crippen MR) is 279 cm³/mol. The van der Waals surface area contributed by atoms with Crippen molar-refractivity contribution in [2.45, 2.75) is 0 Å². The van der Waals surface area contributed by atoms with Gasteiger partial charge in [-0.1, -0.05) is 133 Å². The van der Waals surface area contributed by atoms with Gasteiger partial charge in [0, 0.05) is 66.4 Å². The van der Waals surface area contributed by atoms with Crippen molar-refractivity contribution in [1.29, 1.82) is 0 Å². The normalized spacial score (nSPS) is 11.9. The summed E-state index contributed by atoms with van der Waals surface area (Å²) in [6, 6.07) is 88.6. The molecule has 0 radical (unpaired) electrons. The lowest BCUT2D eigenvalue weighted by molar-refractivity contribution is 1.18. The smallest absolute Gasteiger partial charge is 0.0548 e. The van der Waals surface area contributed by atoms with Crippen LogP contribution in [0.1, 0.15) is 0 Å². The molecule has 0 aliphatic rings. The first-order chi connectivity index (χ1) is 32.8. The van der Waals surface area contributed by atoms with Crippen LogP contribution in [0.2, 0.25) is 0 Å². The molecule has 4 nitrogen and oxygen atoms in total. The van der Waals surface area contributed by atoms with E-state index in [0.29, 0.717) is 0 Å². The van der Waals surface area contributed by atoms with E-state index >= 15 is 0 Å². The molecule has 0 fully saturated rings. The number of aromatic nitrogens is 2. The largest absolute Gasteiger partial charge is 0.310 e. The van der Waals surface area contributed by atoms with Crippen molar-refractivity contribution in [3.05, 3.63) is 243 Å². The molecule has 0 N–H and O–H groups in total. The van der Waals surface area contributed by atoms with E-state index in [1.165, 1.54) is 75.9 Å². The third kappa shape index (κ3) is 5.39. The number of fused-ring (bicyclic) bond motifs is 1. The van der Waals surface area contributed by atoms with Crippen LogP contribution in [0.3, 0.4) is 0 Å². The zero-order valence-electron chi connectivity index (χ0n) is 35.9. The molecule has 0 aliphatic heterocycles. The number of benzene rings is 12. The Labute approximate surface area is 381 Å². The Morgan fingerprint density at radius 1 is 0.242 bits per heavy atom. The van der Waals surface area contributed by atoms with Gasteiger partial charge in [0.25, 0.3) is 0 Å². The van der Waals surface area contributed by atoms with Gasteiger partial charge >= 0.3 is 0 Å². The van der Waals surface area contributed by atoms with Crippen LogP contribution in [0, 0.1) is 0 Å². The highest BCUT2D eigenvalue weighted by Crippen LogP contribution is 2.48. The first-order valence-corrected chi connectivity index (χ1v) is 22.7. The van der Waals surface area contributed by atoms with Crippen molar-refractivity contribution in [2.75, 3.05) is 9.80 Å². The Balaban J connectivity index is 0.931. The van der Waals surface area contributed by atoms with Crippen LogP contribution in [0.15, 0.2) is 243 Å². The quantitative estimate of drug-likeness (QED) is 0.142. The van der Waals surface area contributed by atoms with E-state index in [-0.39, 0.29) is 0 Å². The van der Waals surface area contributed by atoms with Gasteiger partial charge in [0.15, 0.2) is 0 Å². The zero-order chi connectivity index (χ0) is 43.3. The summed E-state index contributed by atoms with van der Waals surface area (Å²) in [6.45, 7) is 0. The van der Waals surface area contributed by atoms with Gasteiger partial charge < -0.3 is 18.9 Å². The number of para-hydroxylation sites is 4. The number of nitrogens with zero attached hydrogens (tertiary/aromatic N) is 4. The lowest BCUT2D eigenvalue weighted by atomic mass is 9.99. The summed E-state index contributed by atoms with van der Waals surface area (Å²) in [4.78, 5) is 4.85. The van der Waals surface area contributed by atoms with E-state index in [4.69, 9.17) is 0 Å². The van der Waals surface area contributed by atoms with Crippen molar-refractivity contribution < 1.29 is 0 Å². The topological polar surface area (TPSA) is 16.3 Å². The standard InChI is InChI=1S/C62H40N4/c1-5-17-45(18-6-1)63(53-35-37-57-61-51(53)33-29-41-15-13-25-55(59(41)61)65(57)47-21-9-3-10-22-47)49-31-27-44-40-50(32-28-43(44)39-49)64(46-19-7-2-8-20-46)54-36-38-58-62-52(54)34-30-42-16-14-26-56(60(42)62)66(58)48-23-11-4-12-24-48/h1-40H. The first kappa shape index (κ1) is 36.6. The Morgan fingerprint density at radius 2 is 0.621 bits per heavy atom. The summed E-state index contributed by atoms with van der Waals surface area (Å²) in [5.41, 5.74) is 13.9. The van der Waals surface area contributed by atoms with Gasteiger partial charge in [-0.25, -0.2) is 0 Å². The molecular formula is C62H40N4. The van der Waals surface area contributed by atoms with Gasteiger partial charge in [0.1, 0.15) is 0 Å². The number of hydrogen-bond donors (Lipinski definition) is 0. The fourth-order valence-corrected chi connectivity index (χ4v) is 11.0. The van der Waals surface area contributed by atoms with Crippen LogP contribution in [0.25, 0.3) is 87.3 Å². The van der Waals surface area contributed by atoms with Crippen LogP contribution in [-0.2, 0) is 0 Å². The fourth-order valence-electron chi connectivity index (χ4n) is 11.0. The van der Waals surface area contributed by atoms with Crippen LogP contribution < -0.4 is 9.80 Å². The molecule has 0 unspecified atom stereocenters. The highest BCUT2D eigenvalue weighted by molar-refractivity contribution is 6.28. The van der Waals surface area contributed by atoms with Gasteiger partial charge in [0.05, 0.1) is 33.4 Å². The third-order valence-electron chi connectivity index (χ3n) is 13.7. The molecule has 0 bridgehead atoms. The average Bonchev–Trinajstić information content (AvgIpc) is 3.91. The molecule has 0 saturated heterocycles. The van der Waals surface area contributed by atoms with Crippen molar-refractivity contribution in [3.63, 3.8) is 0 Å². The predicted octanol–water partition coefficient (Wildman–Crippen LogP) is 17.2. The molecule has 14 aromatic rings. The summed E-state index contributed by atoms with van der Waals surface area (Å²) < 4.78 is 4.83. The van der Waals surface area contributed by atoms with Crippen LogP contribution >= 0.6 is 0 Å². The molecular weight excluding hydrogens is 801 g/mol. The molecule has 0 aliphatic carbocycles. The summed E-state index contributed by atoms with van der Waals surface area (Å²) in [5.74, 6) is 0. The molecule has 2 heterocycles. The Hall–Kier alpha value is -8.86. The van der Waals surface area contributed by atoms with Crippen molar-refractivity contribution in [1.82, 2.24) is 9.13 Å². The molecule has 12 aromatic carbocycles. The van der Waals surface area contributed by atoms with Crippen LogP contribution in [-0.4, -0.2) is 9.13 Å². The minimum atomic E-state index is 1.11. The summed E-state index contributed by atoms with van der Waals surface area (Å²) in [6.07, 6.45) is 0. The lowest BCUT2D eigenvalue weighted by Crippen LogP contribution is -2.11. The van der Waals surface area contributed by atoms with Gasteiger partial charge in [0.2, 0.25) is 0 Å². The highest BCUT2D eigenvalue weighted by Gasteiger charge is 2.24. The maximum absolute atomic E-state index is 2.43. The maximum Gasteiger partial charge on any atom is 0.0548 e. The number of anilines is 6. The Morgan fingerprint density at radius 3 is 1.05 bits per heavy atom. The third-order valence-corrected chi connectivity index (χ3v) is 13.7. The highest BCUT2D eigenvalue weighted by atomic mass is 15.2. The molecule has 0 atom stereocenters. The first-order valence-electron chi connectivity index (χ1n) is 22.7. The monoisotopic (exact) mass is 840 g/mol. The fraction of sp³-hybridized carbons (Fsp3) is 0. The maximum atomic E-state index is 2.43. The minimum Gasteiger partial charge on any atom is -0.310 e. The van der Waals surface area contributed by atoms with Crippen molar-refractivity contribution in [3.8, 4) is 11.4 Å². The van der Waals surface area contributed by atoms with Crippen molar-refractivity contribution >= 4 is 110 Å². The van der Waals surface area contributed by atoms with E-state index in [9.17, 15) is 0 Å².